The number of nitrogens with zero attached hydrogens (tertiary/aromatic N) is 2. The van der Waals surface area contributed by atoms with Gasteiger partial charge < -0.3 is 20.5 Å². The lowest BCUT2D eigenvalue weighted by Gasteiger charge is -2.32. The second-order valence-corrected chi connectivity index (χ2v) is 7.03. The molecule has 0 saturated heterocycles. The van der Waals surface area contributed by atoms with Crippen molar-refractivity contribution in [3.63, 3.8) is 0 Å². The molecule has 8 heteroatoms. The van der Waals surface area contributed by atoms with Crippen LogP contribution in [0, 0.1) is 5.92 Å². The number of nitrogens with one attached hydrogen (secondary N) is 2. The smallest absolute Gasteiger partial charge is 0.246 e. The summed E-state index contributed by atoms with van der Waals surface area (Å²) in [6, 6.07) is -0.0425. The normalized spacial score (nSPS) is 23.0. The van der Waals surface area contributed by atoms with Crippen molar-refractivity contribution >= 4 is 11.8 Å². The lowest BCUT2D eigenvalue weighted by molar-refractivity contribution is -0.129. The van der Waals surface area contributed by atoms with Crippen LogP contribution in [0.5, 0.6) is 0 Å². The van der Waals surface area contributed by atoms with Gasteiger partial charge in [-0.15, -0.1) is 0 Å². The predicted molar refractivity (Wildman–Crippen MR) is 96.2 cm³/mol. The van der Waals surface area contributed by atoms with Crippen LogP contribution in [0.2, 0.25) is 0 Å². The van der Waals surface area contributed by atoms with E-state index in [1.54, 1.807) is 6.20 Å². The molecule has 3 N–H and O–H groups in total. The van der Waals surface area contributed by atoms with Crippen molar-refractivity contribution in [2.24, 2.45) is 5.92 Å². The fourth-order valence-electron chi connectivity index (χ4n) is 3.08. The number of aliphatic hydroxyl groups is 1. The number of rotatable bonds is 8. The maximum atomic E-state index is 12.4. The van der Waals surface area contributed by atoms with Gasteiger partial charge in [0.2, 0.25) is 11.8 Å². The summed E-state index contributed by atoms with van der Waals surface area (Å²) in [5.41, 5.74) is 0.949. The molecule has 0 aromatic carbocycles. The molecule has 2 amide bonds. The van der Waals surface area contributed by atoms with Crippen molar-refractivity contribution in [3.8, 4) is 0 Å². The van der Waals surface area contributed by atoms with E-state index < -0.39 is 6.10 Å². The SMILES string of the molecule is CCOCC(=O)N[C@@H]1CC[C@H](C(=O)NCc2cnn(C(C)C)c2)C[C@H]1O. The minimum Gasteiger partial charge on any atom is -0.391 e. The summed E-state index contributed by atoms with van der Waals surface area (Å²) in [6.07, 6.45) is 4.49. The van der Waals surface area contributed by atoms with Gasteiger partial charge in [0, 0.05) is 36.9 Å². The molecule has 8 nitrogen and oxygen atoms in total. The number of aromatic nitrogens is 2. The van der Waals surface area contributed by atoms with Gasteiger partial charge in [0.15, 0.2) is 0 Å². The predicted octanol–water partition coefficient (Wildman–Crippen LogP) is 0.763. The molecule has 0 spiro atoms. The summed E-state index contributed by atoms with van der Waals surface area (Å²) in [7, 11) is 0. The summed E-state index contributed by atoms with van der Waals surface area (Å²) in [5, 5.41) is 20.2. The zero-order valence-electron chi connectivity index (χ0n) is 15.8. The van der Waals surface area contributed by atoms with E-state index in [0.29, 0.717) is 32.4 Å². The van der Waals surface area contributed by atoms with E-state index in [4.69, 9.17) is 4.74 Å². The molecule has 1 saturated carbocycles. The molecule has 0 aliphatic heterocycles. The van der Waals surface area contributed by atoms with Crippen LogP contribution in [0.4, 0.5) is 0 Å². The van der Waals surface area contributed by atoms with Crippen LogP contribution in [-0.2, 0) is 20.9 Å². The Labute approximate surface area is 154 Å². The zero-order chi connectivity index (χ0) is 19.1. The van der Waals surface area contributed by atoms with Gasteiger partial charge in [-0.25, -0.2) is 0 Å². The number of amides is 2. The van der Waals surface area contributed by atoms with Crippen molar-refractivity contribution in [2.75, 3.05) is 13.2 Å². The Bertz CT molecular complexity index is 602. The lowest BCUT2D eigenvalue weighted by Crippen LogP contribution is -2.49. The molecule has 26 heavy (non-hydrogen) atoms. The Hall–Kier alpha value is -1.93. The number of aliphatic hydroxyl groups excluding tert-OH is 1. The van der Waals surface area contributed by atoms with Crippen molar-refractivity contribution in [2.45, 2.75) is 64.8 Å². The molecule has 1 aliphatic rings. The fourth-order valence-corrected chi connectivity index (χ4v) is 3.08. The van der Waals surface area contributed by atoms with Crippen LogP contribution in [0.25, 0.3) is 0 Å². The third-order valence-corrected chi connectivity index (χ3v) is 4.62. The average molecular weight is 366 g/mol. The van der Waals surface area contributed by atoms with Gasteiger partial charge in [-0.05, 0) is 40.0 Å². The minimum absolute atomic E-state index is 0.00626. The second-order valence-electron chi connectivity index (χ2n) is 7.03. The number of hydrogen-bond donors (Lipinski definition) is 3. The maximum Gasteiger partial charge on any atom is 0.246 e. The van der Waals surface area contributed by atoms with Gasteiger partial charge in [0.25, 0.3) is 0 Å². The molecule has 0 radical (unpaired) electrons. The third kappa shape index (κ3) is 5.81. The summed E-state index contributed by atoms with van der Waals surface area (Å²) < 4.78 is 6.91. The zero-order valence-corrected chi connectivity index (χ0v) is 15.8. The van der Waals surface area contributed by atoms with Gasteiger partial charge in [0.1, 0.15) is 6.61 Å². The Morgan fingerprint density at radius 1 is 1.42 bits per heavy atom. The average Bonchev–Trinajstić information content (AvgIpc) is 3.09. The standard InChI is InChI=1S/C18H30N4O4/c1-4-26-11-17(24)21-15-6-5-14(7-16(15)23)18(25)19-8-13-9-20-22(10-13)12(2)3/h9-10,12,14-16,23H,4-8,11H2,1-3H3,(H,19,25)(H,21,24)/t14-,15+,16+/m0/s1. The second kappa shape index (κ2) is 9.68. The summed E-state index contributed by atoms with van der Waals surface area (Å²) >= 11 is 0. The number of carbonyl (C=O) groups is 2. The van der Waals surface area contributed by atoms with Gasteiger partial charge in [-0.3, -0.25) is 14.3 Å². The lowest BCUT2D eigenvalue weighted by atomic mass is 9.83. The molecular weight excluding hydrogens is 336 g/mol. The van der Waals surface area contributed by atoms with Gasteiger partial charge in [-0.1, -0.05) is 0 Å². The molecule has 1 aromatic heterocycles. The van der Waals surface area contributed by atoms with Gasteiger partial charge in [0.05, 0.1) is 18.3 Å². The molecule has 1 aromatic rings. The number of carbonyl (C=O) groups excluding carboxylic acids is 2. The first-order valence-electron chi connectivity index (χ1n) is 9.26. The molecular formula is C18H30N4O4. The van der Waals surface area contributed by atoms with E-state index in [1.165, 1.54) is 0 Å². The summed E-state index contributed by atoms with van der Waals surface area (Å²) in [6.45, 7) is 6.80. The van der Waals surface area contributed by atoms with E-state index in [9.17, 15) is 14.7 Å². The molecule has 3 atom stereocenters. The highest BCUT2D eigenvalue weighted by Gasteiger charge is 2.33. The first-order chi connectivity index (χ1) is 12.4. The molecule has 0 unspecified atom stereocenters. The van der Waals surface area contributed by atoms with Crippen LogP contribution in [0.1, 0.15) is 51.6 Å². The Balaban J connectivity index is 1.76. The molecule has 2 rings (SSSR count). The largest absolute Gasteiger partial charge is 0.391 e. The fraction of sp³-hybridized carbons (Fsp3) is 0.722. The highest BCUT2D eigenvalue weighted by atomic mass is 16.5. The maximum absolute atomic E-state index is 12.4. The van der Waals surface area contributed by atoms with E-state index in [2.05, 4.69) is 15.7 Å². The highest BCUT2D eigenvalue weighted by molar-refractivity contribution is 5.79. The van der Waals surface area contributed by atoms with Crippen LogP contribution in [0.15, 0.2) is 12.4 Å². The van der Waals surface area contributed by atoms with E-state index in [0.717, 1.165) is 5.56 Å². The van der Waals surface area contributed by atoms with Crippen LogP contribution in [0.3, 0.4) is 0 Å². The topological polar surface area (TPSA) is 105 Å². The molecule has 1 heterocycles. The minimum atomic E-state index is -0.728. The Morgan fingerprint density at radius 3 is 2.81 bits per heavy atom. The van der Waals surface area contributed by atoms with Crippen molar-refractivity contribution in [3.05, 3.63) is 18.0 Å². The van der Waals surface area contributed by atoms with Crippen molar-refractivity contribution < 1.29 is 19.4 Å². The molecule has 0 bridgehead atoms. The molecule has 1 fully saturated rings. The summed E-state index contributed by atoms with van der Waals surface area (Å²) in [4.78, 5) is 24.1. The molecule has 1 aliphatic carbocycles. The monoisotopic (exact) mass is 366 g/mol. The number of ether oxygens (including phenoxy) is 1. The van der Waals surface area contributed by atoms with Crippen molar-refractivity contribution in [1.29, 1.82) is 0 Å². The van der Waals surface area contributed by atoms with Gasteiger partial charge in [-0.2, -0.15) is 5.10 Å². The van der Waals surface area contributed by atoms with Crippen molar-refractivity contribution in [1.82, 2.24) is 20.4 Å². The first kappa shape index (κ1) is 20.4. The quantitative estimate of drug-likeness (QED) is 0.630. The van der Waals surface area contributed by atoms with E-state index in [-0.39, 0.29) is 36.4 Å². The first-order valence-corrected chi connectivity index (χ1v) is 9.26. The summed E-state index contributed by atoms with van der Waals surface area (Å²) in [5.74, 6) is -0.549. The van der Waals surface area contributed by atoms with E-state index >= 15 is 0 Å². The van der Waals surface area contributed by atoms with Crippen LogP contribution < -0.4 is 10.6 Å². The highest BCUT2D eigenvalue weighted by Crippen LogP contribution is 2.25. The molecule has 146 valence electrons. The van der Waals surface area contributed by atoms with Crippen LogP contribution >= 0.6 is 0 Å². The Morgan fingerprint density at radius 2 is 2.19 bits per heavy atom. The third-order valence-electron chi connectivity index (χ3n) is 4.62. The van der Waals surface area contributed by atoms with Crippen LogP contribution in [-0.4, -0.2) is 52.1 Å². The Kier molecular flexibility index (Phi) is 7.59. The number of hydrogen-bond acceptors (Lipinski definition) is 5. The van der Waals surface area contributed by atoms with E-state index in [1.807, 2.05) is 31.6 Å². The van der Waals surface area contributed by atoms with Gasteiger partial charge >= 0.3 is 0 Å².